The molecule has 0 fully saturated rings. The Kier molecular flexibility index (Phi) is 3.00. The number of anilines is 2. The average molecular weight is 286 g/mol. The first kappa shape index (κ1) is 12.4. The summed E-state index contributed by atoms with van der Waals surface area (Å²) in [5, 5.41) is 22.3. The van der Waals surface area contributed by atoms with Crippen molar-refractivity contribution >= 4 is 38.3 Å². The van der Waals surface area contributed by atoms with Crippen molar-refractivity contribution in [2.24, 2.45) is 0 Å². The van der Waals surface area contributed by atoms with Gasteiger partial charge < -0.3 is 15.5 Å². The zero-order valence-electron chi connectivity index (χ0n) is 10.2. The Hall–Kier alpha value is -2.60. The fraction of sp³-hybridized carbons (Fsp3) is 0. The number of fused-ring (bicyclic) bond motifs is 1. The van der Waals surface area contributed by atoms with Crippen LogP contribution in [0.2, 0.25) is 0 Å². The number of phenolic OH excluding ortho intramolecular Hbond substituents is 1. The van der Waals surface area contributed by atoms with Crippen LogP contribution in [0.5, 0.6) is 5.75 Å². The number of aromatic hydroxyl groups is 1. The lowest BCUT2D eigenvalue weighted by atomic mass is 10.2. The van der Waals surface area contributed by atoms with Gasteiger partial charge in [0.1, 0.15) is 5.75 Å². The maximum Gasteiger partial charge on any atom is 0.335 e. The lowest BCUT2D eigenvalue weighted by Gasteiger charge is -2.05. The second kappa shape index (κ2) is 4.82. The van der Waals surface area contributed by atoms with Crippen molar-refractivity contribution in [2.45, 2.75) is 0 Å². The molecule has 5 nitrogen and oxygen atoms in total. The van der Waals surface area contributed by atoms with Gasteiger partial charge in [0, 0.05) is 0 Å². The molecule has 20 heavy (non-hydrogen) atoms. The van der Waals surface area contributed by atoms with Crippen LogP contribution in [0.15, 0.2) is 42.5 Å². The molecule has 2 aromatic carbocycles. The number of thiazole rings is 1. The number of rotatable bonds is 3. The third kappa shape index (κ3) is 2.28. The first-order valence-corrected chi connectivity index (χ1v) is 6.64. The van der Waals surface area contributed by atoms with Crippen LogP contribution in [-0.4, -0.2) is 21.2 Å². The third-order valence-corrected chi connectivity index (χ3v) is 3.73. The third-order valence-electron chi connectivity index (χ3n) is 2.78. The van der Waals surface area contributed by atoms with Crippen molar-refractivity contribution in [1.82, 2.24) is 4.98 Å². The van der Waals surface area contributed by atoms with E-state index in [1.165, 1.54) is 29.5 Å². The van der Waals surface area contributed by atoms with Crippen LogP contribution in [0.4, 0.5) is 10.8 Å². The van der Waals surface area contributed by atoms with E-state index in [9.17, 15) is 9.90 Å². The molecule has 3 N–H and O–H groups in total. The van der Waals surface area contributed by atoms with E-state index in [0.29, 0.717) is 10.8 Å². The van der Waals surface area contributed by atoms with Crippen LogP contribution < -0.4 is 5.32 Å². The lowest BCUT2D eigenvalue weighted by Crippen LogP contribution is -1.97. The van der Waals surface area contributed by atoms with Gasteiger partial charge in [-0.25, -0.2) is 9.78 Å². The lowest BCUT2D eigenvalue weighted by molar-refractivity contribution is 0.0696. The van der Waals surface area contributed by atoms with Gasteiger partial charge in [-0.2, -0.15) is 0 Å². The number of aromatic carboxylic acids is 1. The molecule has 3 aromatic rings. The predicted molar refractivity (Wildman–Crippen MR) is 78.0 cm³/mol. The van der Waals surface area contributed by atoms with Crippen molar-refractivity contribution in [3.8, 4) is 5.75 Å². The minimum atomic E-state index is -1.08. The molecule has 0 saturated carbocycles. The smallest absolute Gasteiger partial charge is 0.335 e. The number of hydrogen-bond donors (Lipinski definition) is 3. The highest BCUT2D eigenvalue weighted by molar-refractivity contribution is 7.22. The van der Waals surface area contributed by atoms with Crippen molar-refractivity contribution in [3.63, 3.8) is 0 Å². The van der Waals surface area contributed by atoms with Crippen molar-refractivity contribution in [2.75, 3.05) is 5.32 Å². The Bertz CT molecular complexity index is 765. The second-order valence-electron chi connectivity index (χ2n) is 4.15. The van der Waals surface area contributed by atoms with E-state index in [2.05, 4.69) is 10.3 Å². The highest BCUT2D eigenvalue weighted by Crippen LogP contribution is 2.32. The number of phenols is 1. The van der Waals surface area contributed by atoms with E-state index in [1.54, 1.807) is 0 Å². The van der Waals surface area contributed by atoms with Gasteiger partial charge in [-0.15, -0.1) is 0 Å². The van der Waals surface area contributed by atoms with Crippen LogP contribution in [0.1, 0.15) is 10.4 Å². The Morgan fingerprint density at radius 3 is 2.70 bits per heavy atom. The maximum atomic E-state index is 10.8. The molecular formula is C14H10N2O3S. The average Bonchev–Trinajstić information content (AvgIpc) is 2.83. The topological polar surface area (TPSA) is 82.5 Å². The van der Waals surface area contributed by atoms with Gasteiger partial charge in [-0.1, -0.05) is 23.5 Å². The van der Waals surface area contributed by atoms with E-state index in [-0.39, 0.29) is 11.3 Å². The molecule has 0 radical (unpaired) electrons. The van der Waals surface area contributed by atoms with Gasteiger partial charge in [0.25, 0.3) is 0 Å². The molecule has 6 heteroatoms. The molecule has 1 aromatic heterocycles. The number of aromatic nitrogens is 1. The fourth-order valence-corrected chi connectivity index (χ4v) is 2.69. The van der Waals surface area contributed by atoms with Crippen molar-refractivity contribution in [3.05, 3.63) is 48.0 Å². The van der Waals surface area contributed by atoms with Gasteiger partial charge in [-0.3, -0.25) is 0 Å². The molecule has 1 heterocycles. The van der Waals surface area contributed by atoms with E-state index in [0.717, 1.165) is 10.2 Å². The van der Waals surface area contributed by atoms with Crippen LogP contribution in [-0.2, 0) is 0 Å². The highest BCUT2D eigenvalue weighted by atomic mass is 32.1. The van der Waals surface area contributed by atoms with E-state index in [1.807, 2.05) is 24.3 Å². The highest BCUT2D eigenvalue weighted by Gasteiger charge is 2.09. The maximum absolute atomic E-state index is 10.8. The Morgan fingerprint density at radius 1 is 1.20 bits per heavy atom. The summed E-state index contributed by atoms with van der Waals surface area (Å²) >= 11 is 1.46. The Morgan fingerprint density at radius 2 is 2.00 bits per heavy atom. The molecule has 0 spiro atoms. The summed E-state index contributed by atoms with van der Waals surface area (Å²) < 4.78 is 1.04. The van der Waals surface area contributed by atoms with Gasteiger partial charge in [0.05, 0.1) is 21.5 Å². The number of nitrogens with zero attached hydrogens (tertiary/aromatic N) is 1. The number of benzene rings is 2. The quantitative estimate of drug-likeness (QED) is 0.642. The van der Waals surface area contributed by atoms with Crippen LogP contribution in [0.3, 0.4) is 0 Å². The Balaban J connectivity index is 1.92. The molecule has 0 saturated heterocycles. The first-order valence-electron chi connectivity index (χ1n) is 5.82. The molecule has 0 unspecified atom stereocenters. The number of hydrogen-bond acceptors (Lipinski definition) is 5. The molecule has 3 rings (SSSR count). The van der Waals surface area contributed by atoms with Gasteiger partial charge in [0.2, 0.25) is 0 Å². The van der Waals surface area contributed by atoms with E-state index >= 15 is 0 Å². The van der Waals surface area contributed by atoms with Gasteiger partial charge >= 0.3 is 5.97 Å². The van der Waals surface area contributed by atoms with Gasteiger partial charge in [0.15, 0.2) is 5.13 Å². The standard InChI is InChI=1S/C14H10N2O3S/c17-11-7-8(13(18)19)5-6-9(11)15-14-16-10-3-1-2-4-12(10)20-14/h1-7,17H,(H,15,16)(H,18,19). The molecule has 0 aliphatic rings. The van der Waals surface area contributed by atoms with Crippen LogP contribution in [0, 0.1) is 0 Å². The largest absolute Gasteiger partial charge is 0.506 e. The molecule has 0 aliphatic heterocycles. The molecule has 0 bridgehead atoms. The van der Waals surface area contributed by atoms with Crippen LogP contribution >= 0.6 is 11.3 Å². The number of carboxylic acids is 1. The number of carbonyl (C=O) groups is 1. The molecule has 0 atom stereocenters. The predicted octanol–water partition coefficient (Wildman–Crippen LogP) is 3.44. The van der Waals surface area contributed by atoms with E-state index in [4.69, 9.17) is 5.11 Å². The van der Waals surface area contributed by atoms with Gasteiger partial charge in [-0.05, 0) is 30.3 Å². The Labute approximate surface area is 118 Å². The summed E-state index contributed by atoms with van der Waals surface area (Å²) in [4.78, 5) is 15.2. The monoisotopic (exact) mass is 286 g/mol. The molecular weight excluding hydrogens is 276 g/mol. The molecule has 0 amide bonds. The minimum absolute atomic E-state index is 0.0392. The summed E-state index contributed by atoms with van der Waals surface area (Å²) in [6.07, 6.45) is 0. The van der Waals surface area contributed by atoms with Crippen molar-refractivity contribution < 1.29 is 15.0 Å². The van der Waals surface area contributed by atoms with Crippen LogP contribution in [0.25, 0.3) is 10.2 Å². The summed E-state index contributed by atoms with van der Waals surface area (Å²) in [7, 11) is 0. The first-order chi connectivity index (χ1) is 9.63. The second-order valence-corrected chi connectivity index (χ2v) is 5.18. The SMILES string of the molecule is O=C(O)c1ccc(Nc2nc3ccccc3s2)c(O)c1. The molecule has 0 aliphatic carbocycles. The summed E-state index contributed by atoms with van der Waals surface area (Å²) in [5.41, 5.74) is 1.34. The van der Waals surface area contributed by atoms with Crippen molar-refractivity contribution in [1.29, 1.82) is 0 Å². The summed E-state index contributed by atoms with van der Waals surface area (Å²) in [6.45, 7) is 0. The summed E-state index contributed by atoms with van der Waals surface area (Å²) in [6, 6.07) is 11.9. The number of carboxylic acid groups (broad SMARTS) is 1. The zero-order chi connectivity index (χ0) is 14.1. The van der Waals surface area contributed by atoms with E-state index < -0.39 is 5.97 Å². The number of para-hydroxylation sites is 1. The fourth-order valence-electron chi connectivity index (χ4n) is 1.81. The molecule has 100 valence electrons. The number of nitrogens with one attached hydrogen (secondary N) is 1. The normalized spacial score (nSPS) is 10.6. The zero-order valence-corrected chi connectivity index (χ0v) is 11.0. The minimum Gasteiger partial charge on any atom is -0.506 e. The summed E-state index contributed by atoms with van der Waals surface area (Å²) in [5.74, 6) is -1.20.